The highest BCUT2D eigenvalue weighted by atomic mass is 16.6. The molecule has 1 saturated carbocycles. The molecule has 1 aromatic heterocycles. The number of nitrogens with zero attached hydrogens (tertiary/aromatic N) is 2. The minimum Gasteiger partial charge on any atom is -0.370 e. The highest BCUT2D eigenvalue weighted by molar-refractivity contribution is 5.44. The van der Waals surface area contributed by atoms with E-state index in [2.05, 4.69) is 10.3 Å². The molecule has 0 aliphatic heterocycles. The fraction of sp³-hybridized carbons (Fsp3) is 0.500. The van der Waals surface area contributed by atoms with Gasteiger partial charge in [-0.3, -0.25) is 10.1 Å². The first kappa shape index (κ1) is 9.89. The number of anilines is 1. The van der Waals surface area contributed by atoms with E-state index in [1.807, 2.05) is 0 Å². The minimum atomic E-state index is -0.407. The highest BCUT2D eigenvalue weighted by Crippen LogP contribution is 2.26. The zero-order valence-corrected chi connectivity index (χ0v) is 8.35. The summed E-state index contributed by atoms with van der Waals surface area (Å²) in [6.45, 7) is 0.869. The molecule has 0 bridgehead atoms. The number of nitrogens with one attached hydrogen (secondary N) is 1. The van der Waals surface area contributed by atoms with Crippen LogP contribution in [0.5, 0.6) is 0 Å². The highest BCUT2D eigenvalue weighted by Gasteiger charge is 2.17. The average molecular weight is 207 g/mol. The lowest BCUT2D eigenvalue weighted by atomic mass is 9.85. The smallest absolute Gasteiger partial charge is 0.274 e. The summed E-state index contributed by atoms with van der Waals surface area (Å²) in [7, 11) is 0. The fourth-order valence-corrected chi connectivity index (χ4v) is 1.58. The summed E-state index contributed by atoms with van der Waals surface area (Å²) in [5.41, 5.74) is 0.0844. The molecule has 1 aromatic rings. The molecule has 1 aliphatic carbocycles. The third-order valence-corrected chi connectivity index (χ3v) is 2.75. The van der Waals surface area contributed by atoms with Crippen LogP contribution in [-0.2, 0) is 0 Å². The average Bonchev–Trinajstić information content (AvgIpc) is 2.16. The maximum Gasteiger partial charge on any atom is 0.274 e. The third-order valence-electron chi connectivity index (χ3n) is 2.75. The largest absolute Gasteiger partial charge is 0.370 e. The Bertz CT molecular complexity index is 363. The van der Waals surface area contributed by atoms with Gasteiger partial charge in [-0.05, 0) is 18.8 Å². The van der Waals surface area contributed by atoms with Crippen molar-refractivity contribution in [3.63, 3.8) is 0 Å². The van der Waals surface area contributed by atoms with Crippen LogP contribution in [-0.4, -0.2) is 16.5 Å². The Morgan fingerprint density at radius 1 is 1.60 bits per heavy atom. The second-order valence-electron chi connectivity index (χ2n) is 3.83. The van der Waals surface area contributed by atoms with E-state index in [0.29, 0.717) is 11.7 Å². The molecule has 1 fully saturated rings. The molecule has 0 unspecified atom stereocenters. The second kappa shape index (κ2) is 4.25. The topological polar surface area (TPSA) is 68.1 Å². The van der Waals surface area contributed by atoms with Gasteiger partial charge in [-0.2, -0.15) is 0 Å². The van der Waals surface area contributed by atoms with Gasteiger partial charge in [-0.1, -0.05) is 6.42 Å². The number of pyridine rings is 1. The van der Waals surface area contributed by atoms with Crippen molar-refractivity contribution < 1.29 is 4.92 Å². The fourth-order valence-electron chi connectivity index (χ4n) is 1.58. The Balaban J connectivity index is 1.94. The van der Waals surface area contributed by atoms with Crippen molar-refractivity contribution in [3.8, 4) is 0 Å². The Morgan fingerprint density at radius 3 is 3.00 bits per heavy atom. The van der Waals surface area contributed by atoms with E-state index in [9.17, 15) is 10.1 Å². The molecule has 15 heavy (non-hydrogen) atoms. The quantitative estimate of drug-likeness (QED) is 0.607. The van der Waals surface area contributed by atoms with Crippen molar-refractivity contribution in [2.45, 2.75) is 19.3 Å². The van der Waals surface area contributed by atoms with Gasteiger partial charge in [0.1, 0.15) is 5.82 Å². The molecule has 80 valence electrons. The van der Waals surface area contributed by atoms with E-state index in [1.54, 1.807) is 0 Å². The minimum absolute atomic E-state index is 0.0844. The van der Waals surface area contributed by atoms with Crippen LogP contribution in [0.1, 0.15) is 19.3 Å². The molecule has 5 nitrogen and oxygen atoms in total. The molecule has 1 aliphatic rings. The van der Waals surface area contributed by atoms with Gasteiger partial charge in [0.2, 0.25) is 0 Å². The summed E-state index contributed by atoms with van der Waals surface area (Å²) >= 11 is 0. The SMILES string of the molecule is O=[N+]([O-])c1ccnc(NCC2CCC2)c1. The molecule has 0 saturated heterocycles. The Hall–Kier alpha value is -1.65. The van der Waals surface area contributed by atoms with Gasteiger partial charge in [0.25, 0.3) is 5.69 Å². The van der Waals surface area contributed by atoms with Crippen LogP contribution in [0.25, 0.3) is 0 Å². The van der Waals surface area contributed by atoms with Gasteiger partial charge < -0.3 is 5.32 Å². The zero-order chi connectivity index (χ0) is 10.7. The summed E-state index contributed by atoms with van der Waals surface area (Å²) in [6.07, 6.45) is 5.26. The molecule has 0 amide bonds. The van der Waals surface area contributed by atoms with Crippen molar-refractivity contribution in [2.75, 3.05) is 11.9 Å². The lowest BCUT2D eigenvalue weighted by Gasteiger charge is -2.25. The van der Waals surface area contributed by atoms with Crippen LogP contribution >= 0.6 is 0 Å². The van der Waals surface area contributed by atoms with E-state index < -0.39 is 4.92 Å². The maximum atomic E-state index is 10.5. The van der Waals surface area contributed by atoms with E-state index >= 15 is 0 Å². The normalized spacial score (nSPS) is 15.7. The third kappa shape index (κ3) is 2.43. The predicted molar refractivity (Wildman–Crippen MR) is 56.7 cm³/mol. The van der Waals surface area contributed by atoms with E-state index in [1.165, 1.54) is 37.6 Å². The van der Waals surface area contributed by atoms with Crippen LogP contribution in [0.2, 0.25) is 0 Å². The standard InChI is InChI=1S/C10H13N3O2/c14-13(15)9-4-5-11-10(6-9)12-7-8-2-1-3-8/h4-6,8H,1-3,7H2,(H,11,12). The van der Waals surface area contributed by atoms with Crippen LogP contribution in [0, 0.1) is 16.0 Å². The first-order valence-electron chi connectivity index (χ1n) is 5.10. The lowest BCUT2D eigenvalue weighted by Crippen LogP contribution is -2.21. The van der Waals surface area contributed by atoms with Crippen molar-refractivity contribution in [1.29, 1.82) is 0 Å². The van der Waals surface area contributed by atoms with E-state index in [4.69, 9.17) is 0 Å². The van der Waals surface area contributed by atoms with Crippen molar-refractivity contribution >= 4 is 11.5 Å². The molecular formula is C10H13N3O2. The van der Waals surface area contributed by atoms with Crippen LogP contribution in [0.3, 0.4) is 0 Å². The van der Waals surface area contributed by atoms with Gasteiger partial charge in [-0.15, -0.1) is 0 Å². The van der Waals surface area contributed by atoms with Crippen LogP contribution in [0.4, 0.5) is 11.5 Å². The van der Waals surface area contributed by atoms with Crippen molar-refractivity contribution in [2.24, 2.45) is 5.92 Å². The lowest BCUT2D eigenvalue weighted by molar-refractivity contribution is -0.384. The number of hydrogen-bond acceptors (Lipinski definition) is 4. The van der Waals surface area contributed by atoms with Crippen LogP contribution < -0.4 is 5.32 Å². The molecule has 0 radical (unpaired) electrons. The summed E-state index contributed by atoms with van der Waals surface area (Å²) in [4.78, 5) is 14.1. The Kier molecular flexibility index (Phi) is 2.80. The summed E-state index contributed by atoms with van der Waals surface area (Å²) in [5, 5.41) is 13.6. The first-order valence-corrected chi connectivity index (χ1v) is 5.10. The van der Waals surface area contributed by atoms with Gasteiger partial charge >= 0.3 is 0 Å². The number of rotatable bonds is 4. The predicted octanol–water partition coefficient (Wildman–Crippen LogP) is 2.20. The molecule has 0 spiro atoms. The van der Waals surface area contributed by atoms with Gasteiger partial charge in [-0.25, -0.2) is 4.98 Å². The van der Waals surface area contributed by atoms with Crippen molar-refractivity contribution in [1.82, 2.24) is 4.98 Å². The van der Waals surface area contributed by atoms with Gasteiger partial charge in [0, 0.05) is 18.8 Å². The molecule has 1 heterocycles. The molecule has 0 atom stereocenters. The van der Waals surface area contributed by atoms with E-state index in [-0.39, 0.29) is 5.69 Å². The van der Waals surface area contributed by atoms with Crippen molar-refractivity contribution in [3.05, 3.63) is 28.4 Å². The second-order valence-corrected chi connectivity index (χ2v) is 3.83. The number of aromatic nitrogens is 1. The summed E-state index contributed by atoms with van der Waals surface area (Å²) in [6, 6.07) is 2.87. The maximum absolute atomic E-state index is 10.5. The number of hydrogen-bond donors (Lipinski definition) is 1. The molecular weight excluding hydrogens is 194 g/mol. The van der Waals surface area contributed by atoms with Gasteiger partial charge in [0.15, 0.2) is 0 Å². The Morgan fingerprint density at radius 2 is 2.40 bits per heavy atom. The molecule has 1 N–H and O–H groups in total. The van der Waals surface area contributed by atoms with E-state index in [0.717, 1.165) is 6.54 Å². The monoisotopic (exact) mass is 207 g/mol. The summed E-state index contributed by atoms with van der Waals surface area (Å²) in [5.74, 6) is 1.31. The molecule has 0 aromatic carbocycles. The van der Waals surface area contributed by atoms with Gasteiger partial charge in [0.05, 0.1) is 11.0 Å². The molecule has 2 rings (SSSR count). The molecule has 5 heteroatoms. The number of nitro groups is 1. The summed E-state index contributed by atoms with van der Waals surface area (Å²) < 4.78 is 0. The zero-order valence-electron chi connectivity index (χ0n) is 8.35. The van der Waals surface area contributed by atoms with Crippen LogP contribution in [0.15, 0.2) is 18.3 Å². The first-order chi connectivity index (χ1) is 7.25. The Labute approximate surface area is 87.7 Å².